The zero-order valence-corrected chi connectivity index (χ0v) is 10.2. The summed E-state index contributed by atoms with van der Waals surface area (Å²) in [6, 6.07) is 0. The van der Waals surface area contributed by atoms with E-state index in [1.165, 1.54) is 29.4 Å². The van der Waals surface area contributed by atoms with Crippen LogP contribution in [0.2, 0.25) is 0 Å². The third kappa shape index (κ3) is 4.44. The zero-order chi connectivity index (χ0) is 11.3. The number of hydrogen-bond donors (Lipinski definition) is 1. The van der Waals surface area contributed by atoms with Gasteiger partial charge < -0.3 is 5.11 Å². The highest BCUT2D eigenvalue weighted by Gasteiger charge is 2.03. The van der Waals surface area contributed by atoms with Gasteiger partial charge in [0, 0.05) is 18.2 Å². The molecule has 1 aromatic rings. The van der Waals surface area contributed by atoms with Crippen molar-refractivity contribution in [1.82, 2.24) is 9.36 Å². The van der Waals surface area contributed by atoms with Crippen LogP contribution in [0.4, 0.5) is 0 Å². The van der Waals surface area contributed by atoms with Gasteiger partial charge in [-0.05, 0) is 18.5 Å². The van der Waals surface area contributed by atoms with Crippen molar-refractivity contribution in [3.8, 4) is 0 Å². The topological polar surface area (TPSA) is 63.1 Å². The second-order valence-electron chi connectivity index (χ2n) is 2.95. The lowest BCUT2D eigenvalue weighted by Gasteiger charge is -1.95. The number of hydrogen-bond acceptors (Lipinski definition) is 5. The lowest BCUT2D eigenvalue weighted by Crippen LogP contribution is -1.91. The van der Waals surface area contributed by atoms with E-state index in [2.05, 4.69) is 9.36 Å². The summed E-state index contributed by atoms with van der Waals surface area (Å²) in [4.78, 5) is 14.6. The average molecular weight is 244 g/mol. The SMILES string of the molecule is CCc1nsc(SCC(C)=CC(=O)O)n1. The molecule has 1 N–H and O–H groups in total. The van der Waals surface area contributed by atoms with Gasteiger partial charge in [0.25, 0.3) is 0 Å². The van der Waals surface area contributed by atoms with Crippen molar-refractivity contribution in [3.63, 3.8) is 0 Å². The molecule has 15 heavy (non-hydrogen) atoms. The number of carboxylic acids is 1. The largest absolute Gasteiger partial charge is 0.478 e. The number of rotatable bonds is 5. The Kier molecular flexibility index (Phi) is 4.77. The van der Waals surface area contributed by atoms with E-state index < -0.39 is 5.97 Å². The van der Waals surface area contributed by atoms with E-state index >= 15 is 0 Å². The third-order valence-corrected chi connectivity index (χ3v) is 3.62. The highest BCUT2D eigenvalue weighted by Crippen LogP contribution is 2.22. The van der Waals surface area contributed by atoms with Crippen molar-refractivity contribution in [1.29, 1.82) is 0 Å². The van der Waals surface area contributed by atoms with Crippen molar-refractivity contribution in [2.24, 2.45) is 0 Å². The first kappa shape index (κ1) is 12.2. The van der Waals surface area contributed by atoms with Crippen LogP contribution in [0.1, 0.15) is 19.7 Å². The Bertz CT molecular complexity index is 374. The van der Waals surface area contributed by atoms with E-state index in [9.17, 15) is 4.79 Å². The third-order valence-electron chi connectivity index (χ3n) is 1.56. The first-order chi connectivity index (χ1) is 7.11. The van der Waals surface area contributed by atoms with Crippen LogP contribution in [0.15, 0.2) is 16.0 Å². The predicted molar refractivity (Wildman–Crippen MR) is 61.4 cm³/mol. The van der Waals surface area contributed by atoms with Crippen LogP contribution in [0.5, 0.6) is 0 Å². The van der Waals surface area contributed by atoms with Gasteiger partial charge in [-0.25, -0.2) is 9.78 Å². The van der Waals surface area contributed by atoms with Gasteiger partial charge in [0.15, 0.2) is 4.34 Å². The molecule has 0 saturated heterocycles. The summed E-state index contributed by atoms with van der Waals surface area (Å²) in [6.45, 7) is 3.80. The molecule has 4 nitrogen and oxygen atoms in total. The van der Waals surface area contributed by atoms with Crippen molar-refractivity contribution in [3.05, 3.63) is 17.5 Å². The van der Waals surface area contributed by atoms with E-state index in [1.54, 1.807) is 6.92 Å². The quantitative estimate of drug-likeness (QED) is 0.635. The van der Waals surface area contributed by atoms with Gasteiger partial charge in [0.1, 0.15) is 5.82 Å². The highest BCUT2D eigenvalue weighted by atomic mass is 32.2. The minimum absolute atomic E-state index is 0.643. The molecule has 0 bridgehead atoms. The van der Waals surface area contributed by atoms with Gasteiger partial charge in [-0.2, -0.15) is 4.37 Å². The Labute approximate surface area is 96.6 Å². The normalized spacial score (nSPS) is 11.7. The fraction of sp³-hybridized carbons (Fsp3) is 0.444. The molecule has 0 saturated carbocycles. The van der Waals surface area contributed by atoms with Gasteiger partial charge in [-0.1, -0.05) is 24.3 Å². The molecule has 0 aliphatic rings. The maximum absolute atomic E-state index is 10.4. The minimum atomic E-state index is -0.903. The van der Waals surface area contributed by atoms with Gasteiger partial charge in [0.2, 0.25) is 0 Å². The van der Waals surface area contributed by atoms with Crippen molar-refractivity contribution in [2.75, 3.05) is 5.75 Å². The number of aryl methyl sites for hydroxylation is 1. The number of carboxylic acid groups (broad SMARTS) is 1. The first-order valence-corrected chi connectivity index (χ1v) is 6.23. The lowest BCUT2D eigenvalue weighted by atomic mass is 10.3. The fourth-order valence-corrected chi connectivity index (χ4v) is 2.47. The van der Waals surface area contributed by atoms with Crippen molar-refractivity contribution < 1.29 is 9.90 Å². The number of aromatic nitrogens is 2. The monoisotopic (exact) mass is 244 g/mol. The second-order valence-corrected chi connectivity index (χ2v) is 4.92. The molecule has 1 rings (SSSR count). The van der Waals surface area contributed by atoms with E-state index in [4.69, 9.17) is 5.11 Å². The molecule has 0 atom stereocenters. The van der Waals surface area contributed by atoms with Gasteiger partial charge >= 0.3 is 5.97 Å². The number of carbonyl (C=O) groups is 1. The molecule has 0 aliphatic carbocycles. The Morgan fingerprint density at radius 2 is 2.40 bits per heavy atom. The van der Waals surface area contributed by atoms with Crippen LogP contribution < -0.4 is 0 Å². The average Bonchev–Trinajstić information content (AvgIpc) is 2.61. The van der Waals surface area contributed by atoms with Crippen molar-refractivity contribution in [2.45, 2.75) is 24.6 Å². The smallest absolute Gasteiger partial charge is 0.328 e. The van der Waals surface area contributed by atoms with Crippen molar-refractivity contribution >= 4 is 29.3 Å². The molecule has 1 heterocycles. The fourth-order valence-electron chi connectivity index (χ4n) is 0.868. The van der Waals surface area contributed by atoms with Gasteiger partial charge in [-0.3, -0.25) is 0 Å². The molecule has 0 unspecified atom stereocenters. The van der Waals surface area contributed by atoms with Gasteiger partial charge in [-0.15, -0.1) is 0 Å². The first-order valence-electron chi connectivity index (χ1n) is 4.47. The predicted octanol–water partition coefficient (Wildman–Crippen LogP) is 2.22. The molecule has 0 spiro atoms. The molecular weight excluding hydrogens is 232 g/mol. The summed E-state index contributed by atoms with van der Waals surface area (Å²) < 4.78 is 5.04. The molecule has 0 amide bonds. The van der Waals surface area contributed by atoms with Crippen LogP contribution in [0.3, 0.4) is 0 Å². The maximum Gasteiger partial charge on any atom is 0.328 e. The Balaban J connectivity index is 2.46. The van der Waals surface area contributed by atoms with Crippen LogP contribution in [0.25, 0.3) is 0 Å². The van der Waals surface area contributed by atoms with E-state index in [0.717, 1.165) is 22.2 Å². The summed E-state index contributed by atoms with van der Waals surface area (Å²) >= 11 is 2.88. The molecule has 1 aromatic heterocycles. The Morgan fingerprint density at radius 3 is 2.93 bits per heavy atom. The second kappa shape index (κ2) is 5.87. The Morgan fingerprint density at radius 1 is 1.67 bits per heavy atom. The minimum Gasteiger partial charge on any atom is -0.478 e. The zero-order valence-electron chi connectivity index (χ0n) is 8.56. The molecule has 6 heteroatoms. The summed E-state index contributed by atoms with van der Waals surface area (Å²) in [7, 11) is 0. The van der Waals surface area contributed by atoms with E-state index in [-0.39, 0.29) is 0 Å². The van der Waals surface area contributed by atoms with E-state index in [1.807, 2.05) is 6.92 Å². The van der Waals surface area contributed by atoms with Gasteiger partial charge in [0.05, 0.1) is 0 Å². The van der Waals surface area contributed by atoms with Crippen LogP contribution >= 0.6 is 23.3 Å². The summed E-state index contributed by atoms with van der Waals surface area (Å²) in [6.07, 6.45) is 2.05. The summed E-state index contributed by atoms with van der Waals surface area (Å²) in [5.74, 6) is 0.590. The Hall–Kier alpha value is -0.880. The number of aliphatic carboxylic acids is 1. The number of nitrogens with zero attached hydrogens (tertiary/aromatic N) is 2. The molecule has 0 aromatic carbocycles. The van der Waals surface area contributed by atoms with Crippen LogP contribution in [-0.4, -0.2) is 26.2 Å². The van der Waals surface area contributed by atoms with Crippen LogP contribution in [0, 0.1) is 0 Å². The molecular formula is C9H12N2O2S2. The highest BCUT2D eigenvalue weighted by molar-refractivity contribution is 8.01. The molecule has 0 fully saturated rings. The molecule has 0 aliphatic heterocycles. The van der Waals surface area contributed by atoms with E-state index in [0.29, 0.717) is 5.75 Å². The van der Waals surface area contributed by atoms with Crippen LogP contribution in [-0.2, 0) is 11.2 Å². The summed E-state index contributed by atoms with van der Waals surface area (Å²) in [5, 5.41) is 8.51. The number of thioether (sulfide) groups is 1. The standard InChI is InChI=1S/C9H12N2O2S2/c1-3-7-10-9(15-11-7)14-5-6(2)4-8(12)13/h4H,3,5H2,1-2H3,(H,12,13). The maximum atomic E-state index is 10.4. The lowest BCUT2D eigenvalue weighted by molar-refractivity contribution is -0.131. The molecule has 82 valence electrons. The summed E-state index contributed by atoms with van der Waals surface area (Å²) in [5.41, 5.74) is 0.820. The molecule has 0 radical (unpaired) electrons.